The number of amides is 3. The number of aliphatic hydroxyl groups is 1. The van der Waals surface area contributed by atoms with Crippen LogP contribution in [-0.2, 0) is 24.4 Å². The number of hydrazine groups is 1. The molecule has 5 heterocycles. The number of nitrogens with zero attached hydrogens (tertiary/aromatic N) is 9. The van der Waals surface area contributed by atoms with Crippen molar-refractivity contribution in [1.82, 2.24) is 40.4 Å². The van der Waals surface area contributed by atoms with E-state index in [1.54, 1.807) is 54.8 Å². The molecule has 0 aliphatic carbocycles. The van der Waals surface area contributed by atoms with Gasteiger partial charge in [0.05, 0.1) is 71.0 Å². The van der Waals surface area contributed by atoms with Gasteiger partial charge in [0, 0.05) is 84.6 Å². The number of ether oxygens (including phenoxy) is 1. The van der Waals surface area contributed by atoms with E-state index < -0.39 is 45.4 Å². The van der Waals surface area contributed by atoms with Gasteiger partial charge in [0.2, 0.25) is 27.8 Å². The number of anilines is 7. The smallest absolute Gasteiger partial charge is 0.261 e. The highest BCUT2D eigenvalue weighted by Gasteiger charge is 2.45. The first kappa shape index (κ1) is 56.9. The summed E-state index contributed by atoms with van der Waals surface area (Å²) in [6.07, 6.45) is 3.88. The van der Waals surface area contributed by atoms with Crippen LogP contribution in [0, 0.1) is 25.2 Å². The van der Waals surface area contributed by atoms with Crippen molar-refractivity contribution in [2.45, 2.75) is 72.1 Å². The number of carbonyl (C=O) groups is 3. The van der Waals surface area contributed by atoms with Gasteiger partial charge in [-0.1, -0.05) is 56.6 Å². The number of rotatable bonds is 18. The van der Waals surface area contributed by atoms with Crippen molar-refractivity contribution in [2.75, 3.05) is 111 Å². The lowest BCUT2D eigenvalue weighted by molar-refractivity contribution is -0.144. The maximum Gasteiger partial charge on any atom is 0.261 e. The highest BCUT2D eigenvalue weighted by molar-refractivity contribution is 7.92. The van der Waals surface area contributed by atoms with Crippen LogP contribution in [0.3, 0.4) is 0 Å². The minimum absolute atomic E-state index is 0.00924. The second kappa shape index (κ2) is 24.2. The number of hydrogen-bond donors (Lipinski definition) is 5. The molecule has 3 saturated heterocycles. The third-order valence-corrected chi connectivity index (χ3v) is 17.1. The maximum atomic E-state index is 14.3. The number of hydrogen-bond acceptors (Lipinski definition) is 17. The number of methoxy groups -OCH3 is 1. The first-order chi connectivity index (χ1) is 36.6. The van der Waals surface area contributed by atoms with Crippen molar-refractivity contribution in [1.29, 1.82) is 0 Å². The number of thiazole rings is 1. The fraction of sp³-hybridized carbons (Fsp3) is 0.481. The number of carbonyl (C=O) groups excluding carboxylic acids is 3. The molecule has 3 atom stereocenters. The molecule has 77 heavy (non-hydrogen) atoms. The molecule has 5 N–H and O–H groups in total. The number of halogens is 1. The van der Waals surface area contributed by atoms with Gasteiger partial charge in [-0.15, -0.1) is 11.3 Å². The molecule has 0 saturated carbocycles. The number of piperidine rings is 1. The quantitative estimate of drug-likeness (QED) is 0.0612. The van der Waals surface area contributed by atoms with E-state index in [1.807, 2.05) is 69.6 Å². The number of aromatic nitrogens is 3. The molecule has 2 aromatic heterocycles. The summed E-state index contributed by atoms with van der Waals surface area (Å²) in [4.78, 5) is 64.7. The number of piperazine rings is 1. The molecule has 3 aromatic carbocycles. The van der Waals surface area contributed by atoms with Crippen LogP contribution in [0.25, 0.3) is 10.4 Å². The zero-order chi connectivity index (χ0) is 55.3. The third-order valence-electron chi connectivity index (χ3n) is 14.6. The lowest BCUT2D eigenvalue weighted by atomic mass is 9.85. The van der Waals surface area contributed by atoms with Crippen LogP contribution in [-0.4, -0.2) is 165 Å². The maximum absolute atomic E-state index is 14.3. The molecule has 3 amide bonds. The normalized spacial score (nSPS) is 18.2. The number of para-hydroxylation sites is 2. The standard InChI is InChI=1S/C54H72ClN13O7S2/c1-34-26-42(59-53-56-29-40(55)50(61-53)58-41-12-10-11-13-43(41)64(7)77(9,73)74)46(75-8)28-44(34)67-20-18-36(19-21-67)30-65-22-24-66(25-23-65)32-47(70)60-49(54(3,4)5)52(72)68-31-39(69)27-45(68)51(71)62-63(6)38-16-14-37(15-17-38)48-35(2)57-33-76-48/h10-17,26,28-29,33,36,39,45,49,69H,18-25,27,30-32H2,1-9H3,(H,60,70)(H,62,71)(H2,56,58,59,61)/t39-,45+,49-/m1/s1. The van der Waals surface area contributed by atoms with Crippen molar-refractivity contribution in [3.05, 3.63) is 88.7 Å². The van der Waals surface area contributed by atoms with Crippen LogP contribution in [0.15, 0.2) is 72.4 Å². The Kier molecular flexibility index (Phi) is 17.8. The molecule has 0 radical (unpaired) electrons. The van der Waals surface area contributed by atoms with Crippen molar-refractivity contribution in [2.24, 2.45) is 11.3 Å². The van der Waals surface area contributed by atoms with Crippen LogP contribution in [0.1, 0.15) is 51.3 Å². The molecule has 5 aromatic rings. The predicted molar refractivity (Wildman–Crippen MR) is 305 cm³/mol. The molecular formula is C54H72ClN13O7S2. The van der Waals surface area contributed by atoms with E-state index in [-0.39, 0.29) is 36.4 Å². The molecule has 414 valence electrons. The topological polar surface area (TPSA) is 221 Å². The van der Waals surface area contributed by atoms with Gasteiger partial charge in [-0.25, -0.2) is 18.4 Å². The third kappa shape index (κ3) is 13.9. The number of likely N-dealkylation sites (tertiary alicyclic amines) is 1. The summed E-state index contributed by atoms with van der Waals surface area (Å²) < 4.78 is 31.7. The number of aryl methyl sites for hydroxylation is 2. The Morgan fingerprint density at radius 1 is 0.935 bits per heavy atom. The van der Waals surface area contributed by atoms with Gasteiger partial charge >= 0.3 is 0 Å². The number of aliphatic hydroxyl groups excluding tert-OH is 1. The molecule has 8 rings (SSSR count). The number of sulfonamides is 1. The summed E-state index contributed by atoms with van der Waals surface area (Å²) >= 11 is 8.09. The van der Waals surface area contributed by atoms with E-state index in [9.17, 15) is 27.9 Å². The van der Waals surface area contributed by atoms with Crippen molar-refractivity contribution >= 4 is 90.9 Å². The molecule has 23 heteroatoms. The zero-order valence-electron chi connectivity index (χ0n) is 45.3. The fourth-order valence-electron chi connectivity index (χ4n) is 10.2. The molecular weight excluding hydrogens is 1040 g/mol. The average Bonchev–Trinajstić information content (AvgIpc) is 4.02. The van der Waals surface area contributed by atoms with Crippen LogP contribution in [0.5, 0.6) is 5.75 Å². The number of benzene rings is 3. The molecule has 3 aliphatic heterocycles. The Balaban J connectivity index is 0.797. The van der Waals surface area contributed by atoms with Gasteiger partial charge in [-0.2, -0.15) is 4.98 Å². The van der Waals surface area contributed by atoms with Gasteiger partial charge in [-0.05, 0) is 79.5 Å². The largest absolute Gasteiger partial charge is 0.494 e. The summed E-state index contributed by atoms with van der Waals surface area (Å²) in [5.74, 6) is 0.635. The molecule has 3 fully saturated rings. The highest BCUT2D eigenvalue weighted by atomic mass is 35.5. The Bertz CT molecular complexity index is 3020. The summed E-state index contributed by atoms with van der Waals surface area (Å²) in [5.41, 5.74) is 10.5. The zero-order valence-corrected chi connectivity index (χ0v) is 47.7. The minimum Gasteiger partial charge on any atom is -0.494 e. The van der Waals surface area contributed by atoms with Gasteiger partial charge in [0.1, 0.15) is 22.9 Å². The molecule has 20 nitrogen and oxygen atoms in total. The minimum atomic E-state index is -3.53. The van der Waals surface area contributed by atoms with Gasteiger partial charge in [0.25, 0.3) is 5.91 Å². The van der Waals surface area contributed by atoms with E-state index in [4.69, 9.17) is 16.3 Å². The van der Waals surface area contributed by atoms with E-state index in [2.05, 4.69) is 58.0 Å². The second-order valence-corrected chi connectivity index (χ2v) is 24.6. The molecule has 0 unspecified atom stereocenters. The summed E-state index contributed by atoms with van der Waals surface area (Å²) in [6.45, 7) is 15.7. The van der Waals surface area contributed by atoms with Crippen LogP contribution in [0.4, 0.5) is 40.2 Å². The number of nitrogens with one attached hydrogen (secondary N) is 4. The van der Waals surface area contributed by atoms with Crippen LogP contribution >= 0.6 is 22.9 Å². The van der Waals surface area contributed by atoms with Crippen molar-refractivity contribution in [3.63, 3.8) is 0 Å². The van der Waals surface area contributed by atoms with E-state index in [0.717, 1.165) is 98.0 Å². The Morgan fingerprint density at radius 3 is 2.27 bits per heavy atom. The lowest BCUT2D eigenvalue weighted by Crippen LogP contribution is -2.60. The van der Waals surface area contributed by atoms with Gasteiger partial charge in [-0.3, -0.25) is 34.0 Å². The molecule has 0 spiro atoms. The Hall–Kier alpha value is -6.30. The van der Waals surface area contributed by atoms with Gasteiger partial charge in [0.15, 0.2) is 5.82 Å². The summed E-state index contributed by atoms with van der Waals surface area (Å²) in [5, 5.41) is 22.1. The van der Waals surface area contributed by atoms with E-state index >= 15 is 0 Å². The first-order valence-corrected chi connectivity index (χ1v) is 29.0. The average molecular weight is 1110 g/mol. The fourth-order valence-corrected chi connectivity index (χ4v) is 11.6. The SMILES string of the molecule is COc1cc(N2CCC(CN3CCN(CC(=O)N[C@H](C(=O)N4C[C@H](O)C[C@H]4C(=O)NN(C)c4ccc(-c5scnc5C)cc4)C(C)(C)C)CC3)CC2)c(C)cc1Nc1ncc(Cl)c(Nc2ccccc2N(C)S(C)(=O)=O)n1. The van der Waals surface area contributed by atoms with E-state index in [0.29, 0.717) is 34.5 Å². The van der Waals surface area contributed by atoms with Crippen LogP contribution < -0.4 is 40.3 Å². The predicted octanol–water partition coefficient (Wildman–Crippen LogP) is 6.26. The molecule has 0 bridgehead atoms. The highest BCUT2D eigenvalue weighted by Crippen LogP contribution is 2.38. The summed E-state index contributed by atoms with van der Waals surface area (Å²) in [6, 6.07) is 17.0. The summed E-state index contributed by atoms with van der Waals surface area (Å²) in [7, 11) is 1.32. The van der Waals surface area contributed by atoms with Gasteiger partial charge < -0.3 is 40.5 Å². The first-order valence-electron chi connectivity index (χ1n) is 25.9. The monoisotopic (exact) mass is 1110 g/mol. The number of β-amino-alcohol motifs (C(OH)–C–C–N with tert-alkyl or cyclic N) is 1. The van der Waals surface area contributed by atoms with Crippen molar-refractivity contribution < 1.29 is 32.6 Å². The molecule has 3 aliphatic rings. The van der Waals surface area contributed by atoms with Crippen molar-refractivity contribution in [3.8, 4) is 16.2 Å². The van der Waals surface area contributed by atoms with E-state index in [1.165, 1.54) is 22.4 Å². The Morgan fingerprint density at radius 2 is 1.62 bits per heavy atom. The lowest BCUT2D eigenvalue weighted by Gasteiger charge is -2.40. The van der Waals surface area contributed by atoms with Crippen LogP contribution in [0.2, 0.25) is 5.02 Å². The second-order valence-electron chi connectivity index (χ2n) is 21.3. The Labute approximate surface area is 461 Å².